The van der Waals surface area contributed by atoms with Crippen molar-refractivity contribution in [1.29, 1.82) is 0 Å². The molecule has 0 atom stereocenters. The fraction of sp³-hybridized carbons (Fsp3) is 0.176. The maximum absolute atomic E-state index is 13.2. The molecule has 2 N–H and O–H groups in total. The van der Waals surface area contributed by atoms with Crippen LogP contribution < -0.4 is 5.32 Å². The van der Waals surface area contributed by atoms with Crippen molar-refractivity contribution < 1.29 is 26.7 Å². The summed E-state index contributed by atoms with van der Waals surface area (Å²) in [4.78, 5) is 19.3. The van der Waals surface area contributed by atoms with Crippen LogP contribution in [0.3, 0.4) is 0 Å². The third-order valence-corrected chi connectivity index (χ3v) is 4.15. The lowest BCUT2D eigenvalue weighted by Gasteiger charge is -2.07. The molecule has 0 unspecified atom stereocenters. The highest BCUT2D eigenvalue weighted by molar-refractivity contribution is 5.99. The van der Waals surface area contributed by atoms with E-state index < -0.39 is 29.5 Å². The van der Waals surface area contributed by atoms with Gasteiger partial charge in [0.25, 0.3) is 5.91 Å². The first-order valence-corrected chi connectivity index (χ1v) is 8.27. The molecule has 0 aliphatic heterocycles. The van der Waals surface area contributed by atoms with E-state index in [0.29, 0.717) is 15.7 Å². The summed E-state index contributed by atoms with van der Waals surface area (Å²) in [5.41, 5.74) is 0.229. The van der Waals surface area contributed by atoms with Gasteiger partial charge in [-0.3, -0.25) is 9.20 Å². The Morgan fingerprint density at radius 1 is 1.17 bits per heavy atom. The molecule has 1 amide bonds. The molecule has 0 radical (unpaired) electrons. The molecular weight excluding hydrogens is 399 g/mol. The average Bonchev–Trinajstić information content (AvgIpc) is 3.25. The predicted molar refractivity (Wildman–Crippen MR) is 90.0 cm³/mol. The smallest absolute Gasteiger partial charge is 0.351 e. The summed E-state index contributed by atoms with van der Waals surface area (Å²) in [5.74, 6) is -3.54. The number of carbonyl (C=O) groups is 1. The second-order valence-corrected chi connectivity index (χ2v) is 6.11. The highest BCUT2D eigenvalue weighted by atomic mass is 19.4. The number of H-pyrrole nitrogens is 1. The van der Waals surface area contributed by atoms with Crippen LogP contribution in [0.2, 0.25) is 0 Å². The lowest BCUT2D eigenvalue weighted by atomic mass is 10.2. The van der Waals surface area contributed by atoms with Gasteiger partial charge >= 0.3 is 6.18 Å². The molecule has 0 fully saturated rings. The van der Waals surface area contributed by atoms with Gasteiger partial charge in [0.15, 0.2) is 17.3 Å². The van der Waals surface area contributed by atoms with Crippen LogP contribution in [0, 0.1) is 11.6 Å². The first kappa shape index (κ1) is 18.8. The van der Waals surface area contributed by atoms with E-state index in [9.17, 15) is 26.7 Å². The van der Waals surface area contributed by atoms with Crippen LogP contribution in [-0.4, -0.2) is 37.0 Å². The van der Waals surface area contributed by atoms with Crippen molar-refractivity contribution in [2.24, 2.45) is 0 Å². The lowest BCUT2D eigenvalue weighted by Crippen LogP contribution is -2.26. The minimum atomic E-state index is -4.71. The minimum absolute atomic E-state index is 0.0743. The van der Waals surface area contributed by atoms with Gasteiger partial charge in [-0.2, -0.15) is 13.2 Å². The van der Waals surface area contributed by atoms with E-state index in [1.54, 1.807) is 0 Å². The predicted octanol–water partition coefficient (Wildman–Crippen LogP) is 2.88. The maximum Gasteiger partial charge on any atom is 0.452 e. The number of fused-ring (bicyclic) bond motifs is 2. The summed E-state index contributed by atoms with van der Waals surface area (Å²) in [6, 6.07) is 4.53. The summed E-state index contributed by atoms with van der Waals surface area (Å²) in [5, 5.41) is 9.11. The molecule has 29 heavy (non-hydrogen) atoms. The molecule has 3 heterocycles. The summed E-state index contributed by atoms with van der Waals surface area (Å²) < 4.78 is 66.0. The van der Waals surface area contributed by atoms with Crippen LogP contribution in [0.25, 0.3) is 16.7 Å². The number of hydrogen-bond acceptors (Lipinski definition) is 4. The van der Waals surface area contributed by atoms with E-state index in [0.717, 1.165) is 18.3 Å². The van der Waals surface area contributed by atoms with Crippen molar-refractivity contribution in [1.82, 2.24) is 29.9 Å². The van der Waals surface area contributed by atoms with Crippen molar-refractivity contribution >= 4 is 22.6 Å². The number of carbonyl (C=O) groups excluding carboxylic acids is 1. The molecule has 0 aliphatic rings. The maximum atomic E-state index is 13.2. The van der Waals surface area contributed by atoms with Crippen molar-refractivity contribution in [2.75, 3.05) is 6.54 Å². The van der Waals surface area contributed by atoms with E-state index in [-0.39, 0.29) is 29.7 Å². The Morgan fingerprint density at radius 3 is 2.69 bits per heavy atom. The molecule has 0 saturated carbocycles. The second kappa shape index (κ2) is 6.79. The highest BCUT2D eigenvalue weighted by Crippen LogP contribution is 2.28. The number of benzene rings is 1. The molecule has 0 saturated heterocycles. The van der Waals surface area contributed by atoms with E-state index in [1.165, 1.54) is 12.1 Å². The van der Waals surface area contributed by atoms with Gasteiger partial charge in [-0.15, -0.1) is 10.2 Å². The van der Waals surface area contributed by atoms with Crippen molar-refractivity contribution in [3.8, 4) is 0 Å². The normalized spacial score (nSPS) is 12.0. The largest absolute Gasteiger partial charge is 0.452 e. The number of aromatic nitrogens is 5. The van der Waals surface area contributed by atoms with Gasteiger partial charge < -0.3 is 10.3 Å². The zero-order valence-electron chi connectivity index (χ0n) is 14.4. The van der Waals surface area contributed by atoms with Crippen LogP contribution in [0.15, 0.2) is 30.5 Å². The number of halogens is 5. The molecule has 0 aliphatic carbocycles. The Labute approximate surface area is 158 Å². The number of alkyl halides is 3. The third kappa shape index (κ3) is 3.48. The molecule has 0 bridgehead atoms. The number of imidazole rings is 1. The van der Waals surface area contributed by atoms with Gasteiger partial charge in [-0.25, -0.2) is 13.8 Å². The average molecular weight is 410 g/mol. The zero-order valence-corrected chi connectivity index (χ0v) is 14.4. The van der Waals surface area contributed by atoms with E-state index in [2.05, 4.69) is 25.5 Å². The number of nitrogens with zero attached hydrogens (tertiary/aromatic N) is 4. The Balaban J connectivity index is 1.48. The van der Waals surface area contributed by atoms with E-state index in [4.69, 9.17) is 0 Å². The van der Waals surface area contributed by atoms with E-state index in [1.807, 2.05) is 0 Å². The standard InChI is InChI=1S/C17H11F5N6O/c18-9-6-11-12(7-10(9)19)25-13(24-11)3-4-23-15(29)8-2-1-5-28-14(8)26-27-16(28)17(20,21)22/h1-2,5-7H,3-4H2,(H,23,29)(H,24,25). The van der Waals surface area contributed by atoms with E-state index >= 15 is 0 Å². The molecule has 7 nitrogen and oxygen atoms in total. The van der Waals surface area contributed by atoms with Gasteiger partial charge in [0, 0.05) is 31.3 Å². The quantitative estimate of drug-likeness (QED) is 0.507. The summed E-state index contributed by atoms with van der Waals surface area (Å²) in [6.07, 6.45) is -3.40. The van der Waals surface area contributed by atoms with Crippen LogP contribution >= 0.6 is 0 Å². The SMILES string of the molecule is O=C(NCCc1nc2cc(F)c(F)cc2[nH]1)c1cccn2c(C(F)(F)F)nnc12. The van der Waals surface area contributed by atoms with Crippen LogP contribution in [0.5, 0.6) is 0 Å². The number of amides is 1. The molecule has 1 aromatic carbocycles. The second-order valence-electron chi connectivity index (χ2n) is 6.11. The summed E-state index contributed by atoms with van der Waals surface area (Å²) in [7, 11) is 0. The van der Waals surface area contributed by atoms with Crippen LogP contribution in [0.4, 0.5) is 22.0 Å². The number of pyridine rings is 1. The van der Waals surface area contributed by atoms with Crippen LogP contribution in [-0.2, 0) is 12.6 Å². The summed E-state index contributed by atoms with van der Waals surface area (Å²) >= 11 is 0. The number of nitrogens with one attached hydrogen (secondary N) is 2. The minimum Gasteiger partial charge on any atom is -0.351 e. The number of aromatic amines is 1. The van der Waals surface area contributed by atoms with Gasteiger partial charge in [-0.05, 0) is 12.1 Å². The number of rotatable bonds is 4. The highest BCUT2D eigenvalue weighted by Gasteiger charge is 2.37. The molecule has 150 valence electrons. The Bertz CT molecular complexity index is 1190. The van der Waals surface area contributed by atoms with Gasteiger partial charge in [0.05, 0.1) is 16.6 Å². The molecule has 0 spiro atoms. The lowest BCUT2D eigenvalue weighted by molar-refractivity contribution is -0.145. The van der Waals surface area contributed by atoms with Gasteiger partial charge in [0.1, 0.15) is 5.82 Å². The summed E-state index contributed by atoms with van der Waals surface area (Å²) in [6.45, 7) is 0.0743. The monoisotopic (exact) mass is 410 g/mol. The molecule has 3 aromatic heterocycles. The van der Waals surface area contributed by atoms with Crippen molar-refractivity contribution in [2.45, 2.75) is 12.6 Å². The third-order valence-electron chi connectivity index (χ3n) is 4.15. The van der Waals surface area contributed by atoms with Crippen LogP contribution in [0.1, 0.15) is 22.0 Å². The molecule has 12 heteroatoms. The first-order chi connectivity index (χ1) is 13.7. The Kier molecular flexibility index (Phi) is 4.40. The molecule has 4 aromatic rings. The van der Waals surface area contributed by atoms with Crippen molar-refractivity contribution in [3.05, 3.63) is 59.3 Å². The Morgan fingerprint density at radius 2 is 1.93 bits per heavy atom. The van der Waals surface area contributed by atoms with Gasteiger partial charge in [-0.1, -0.05) is 0 Å². The Hall–Kier alpha value is -3.57. The topological polar surface area (TPSA) is 88.0 Å². The zero-order chi connectivity index (χ0) is 20.8. The fourth-order valence-electron chi connectivity index (χ4n) is 2.85. The fourth-order valence-corrected chi connectivity index (χ4v) is 2.85. The van der Waals surface area contributed by atoms with Gasteiger partial charge in [0.2, 0.25) is 5.82 Å². The molecule has 4 rings (SSSR count). The molecular formula is C17H11F5N6O. The van der Waals surface area contributed by atoms with Crippen molar-refractivity contribution in [3.63, 3.8) is 0 Å². The number of hydrogen-bond donors (Lipinski definition) is 2. The first-order valence-electron chi connectivity index (χ1n) is 8.27.